The van der Waals surface area contributed by atoms with Gasteiger partial charge in [-0.3, -0.25) is 4.79 Å². The highest BCUT2D eigenvalue weighted by molar-refractivity contribution is 5.91. The summed E-state index contributed by atoms with van der Waals surface area (Å²) in [7, 11) is 0. The minimum atomic E-state index is 0. The summed E-state index contributed by atoms with van der Waals surface area (Å²) < 4.78 is 1.74. The van der Waals surface area contributed by atoms with E-state index < -0.39 is 0 Å². The standard InChI is InChI=1S/C18H26N6O.ClH/c1-3-24-18(21-22-23-24)14-6-4-8-16(11-14)20-17(25)10-13(2)15-7-5-9-19-12-15;/h4,6,8,11,13,15,19H,3,5,7,9-10,12H2,1-2H3,(H,20,25);1H. The number of hydrogen-bond donors (Lipinski definition) is 2. The van der Waals surface area contributed by atoms with E-state index in [1.165, 1.54) is 12.8 Å². The topological polar surface area (TPSA) is 84.7 Å². The van der Waals surface area contributed by atoms with E-state index in [0.717, 1.165) is 24.3 Å². The van der Waals surface area contributed by atoms with Gasteiger partial charge in [0.15, 0.2) is 5.82 Å². The van der Waals surface area contributed by atoms with Crippen molar-refractivity contribution in [1.29, 1.82) is 0 Å². The Morgan fingerprint density at radius 3 is 3.04 bits per heavy atom. The van der Waals surface area contributed by atoms with Crippen molar-refractivity contribution in [3.05, 3.63) is 24.3 Å². The average molecular weight is 379 g/mol. The summed E-state index contributed by atoms with van der Waals surface area (Å²) in [5.74, 6) is 1.73. The van der Waals surface area contributed by atoms with Gasteiger partial charge in [-0.1, -0.05) is 19.1 Å². The second-order valence-electron chi connectivity index (χ2n) is 6.74. The number of tetrazole rings is 1. The van der Waals surface area contributed by atoms with Gasteiger partial charge in [-0.05, 0) is 67.3 Å². The molecule has 8 heteroatoms. The van der Waals surface area contributed by atoms with Crippen LogP contribution in [0.2, 0.25) is 0 Å². The van der Waals surface area contributed by atoms with Crippen LogP contribution in [0, 0.1) is 11.8 Å². The summed E-state index contributed by atoms with van der Waals surface area (Å²) in [5.41, 5.74) is 1.68. The van der Waals surface area contributed by atoms with Crippen LogP contribution in [0.3, 0.4) is 0 Å². The van der Waals surface area contributed by atoms with E-state index in [2.05, 4.69) is 33.1 Å². The number of halogens is 1. The second-order valence-corrected chi connectivity index (χ2v) is 6.74. The zero-order valence-electron chi connectivity index (χ0n) is 15.3. The fourth-order valence-electron chi connectivity index (χ4n) is 3.40. The summed E-state index contributed by atoms with van der Waals surface area (Å²) in [5, 5.41) is 18.2. The number of rotatable bonds is 6. The molecule has 1 aliphatic rings. The molecule has 1 fully saturated rings. The molecule has 0 saturated carbocycles. The number of anilines is 1. The van der Waals surface area contributed by atoms with Gasteiger partial charge in [0.1, 0.15) is 0 Å². The summed E-state index contributed by atoms with van der Waals surface area (Å²) in [6.07, 6.45) is 2.95. The Morgan fingerprint density at radius 1 is 1.46 bits per heavy atom. The molecule has 3 rings (SSSR count). The monoisotopic (exact) mass is 378 g/mol. The largest absolute Gasteiger partial charge is 0.326 e. The zero-order valence-corrected chi connectivity index (χ0v) is 16.1. The van der Waals surface area contributed by atoms with E-state index in [1.54, 1.807) is 4.68 Å². The summed E-state index contributed by atoms with van der Waals surface area (Å²) in [6.45, 7) is 6.98. The molecule has 0 bridgehead atoms. The van der Waals surface area contributed by atoms with Crippen molar-refractivity contribution in [2.45, 2.75) is 39.7 Å². The van der Waals surface area contributed by atoms with Gasteiger partial charge in [0.2, 0.25) is 5.91 Å². The van der Waals surface area contributed by atoms with Gasteiger partial charge in [0.25, 0.3) is 0 Å². The summed E-state index contributed by atoms with van der Waals surface area (Å²) in [6, 6.07) is 7.68. The Balaban J connectivity index is 0.00000243. The number of hydrogen-bond acceptors (Lipinski definition) is 5. The summed E-state index contributed by atoms with van der Waals surface area (Å²) in [4.78, 5) is 12.4. The highest BCUT2D eigenvalue weighted by Gasteiger charge is 2.22. The lowest BCUT2D eigenvalue weighted by Crippen LogP contribution is -2.34. The first-order valence-corrected chi connectivity index (χ1v) is 9.04. The molecule has 1 aliphatic heterocycles. The van der Waals surface area contributed by atoms with Crippen LogP contribution in [0.15, 0.2) is 24.3 Å². The van der Waals surface area contributed by atoms with E-state index in [0.29, 0.717) is 30.6 Å². The maximum atomic E-state index is 12.4. The second kappa shape index (κ2) is 9.64. The van der Waals surface area contributed by atoms with Crippen molar-refractivity contribution < 1.29 is 4.79 Å². The van der Waals surface area contributed by atoms with E-state index in [4.69, 9.17) is 0 Å². The average Bonchev–Trinajstić information content (AvgIpc) is 3.11. The maximum Gasteiger partial charge on any atom is 0.224 e. The molecular formula is C18H27ClN6O. The first-order chi connectivity index (χ1) is 12.2. The molecule has 0 aliphatic carbocycles. The predicted molar refractivity (Wildman–Crippen MR) is 104 cm³/mol. The van der Waals surface area contributed by atoms with Crippen LogP contribution >= 0.6 is 12.4 Å². The fourth-order valence-corrected chi connectivity index (χ4v) is 3.40. The molecule has 0 spiro atoms. The minimum absolute atomic E-state index is 0. The lowest BCUT2D eigenvalue weighted by Gasteiger charge is -2.28. The third-order valence-electron chi connectivity index (χ3n) is 4.88. The number of piperidine rings is 1. The molecule has 2 aromatic rings. The highest BCUT2D eigenvalue weighted by atomic mass is 35.5. The van der Waals surface area contributed by atoms with Crippen LogP contribution in [0.25, 0.3) is 11.4 Å². The Bertz CT molecular complexity index is 713. The third-order valence-corrected chi connectivity index (χ3v) is 4.88. The maximum absolute atomic E-state index is 12.4. The molecule has 2 atom stereocenters. The van der Waals surface area contributed by atoms with Gasteiger partial charge in [-0.15, -0.1) is 17.5 Å². The SMILES string of the molecule is CCn1nnnc1-c1cccc(NC(=O)CC(C)C2CCCNC2)c1.Cl. The van der Waals surface area contributed by atoms with Gasteiger partial charge in [0, 0.05) is 24.2 Å². The van der Waals surface area contributed by atoms with Crippen LogP contribution in [-0.4, -0.2) is 39.2 Å². The lowest BCUT2D eigenvalue weighted by atomic mass is 9.85. The Hall–Kier alpha value is -1.99. The number of aromatic nitrogens is 4. The van der Waals surface area contributed by atoms with Crippen molar-refractivity contribution >= 4 is 24.0 Å². The minimum Gasteiger partial charge on any atom is -0.326 e. The molecule has 1 aromatic heterocycles. The van der Waals surface area contributed by atoms with Gasteiger partial charge in [0.05, 0.1) is 0 Å². The van der Waals surface area contributed by atoms with Crippen LogP contribution in [0.4, 0.5) is 5.69 Å². The number of amides is 1. The normalized spacial score (nSPS) is 18.0. The smallest absolute Gasteiger partial charge is 0.224 e. The zero-order chi connectivity index (χ0) is 17.6. The number of nitrogens with zero attached hydrogens (tertiary/aromatic N) is 4. The number of nitrogens with one attached hydrogen (secondary N) is 2. The molecule has 2 heterocycles. The van der Waals surface area contributed by atoms with E-state index in [9.17, 15) is 4.79 Å². The van der Waals surface area contributed by atoms with Crippen LogP contribution in [-0.2, 0) is 11.3 Å². The van der Waals surface area contributed by atoms with Crippen molar-refractivity contribution in [3.8, 4) is 11.4 Å². The molecule has 2 unspecified atom stereocenters. The van der Waals surface area contributed by atoms with Gasteiger partial charge >= 0.3 is 0 Å². The molecule has 0 radical (unpaired) electrons. The van der Waals surface area contributed by atoms with Gasteiger partial charge in [-0.2, -0.15) is 0 Å². The van der Waals surface area contributed by atoms with Crippen molar-refractivity contribution in [2.24, 2.45) is 11.8 Å². The van der Waals surface area contributed by atoms with E-state index in [1.807, 2.05) is 31.2 Å². The molecule has 2 N–H and O–H groups in total. The van der Waals surface area contributed by atoms with Gasteiger partial charge < -0.3 is 10.6 Å². The van der Waals surface area contributed by atoms with E-state index >= 15 is 0 Å². The lowest BCUT2D eigenvalue weighted by molar-refractivity contribution is -0.117. The molecule has 1 saturated heterocycles. The number of aryl methyl sites for hydroxylation is 1. The number of benzene rings is 1. The molecule has 1 aromatic carbocycles. The van der Waals surface area contributed by atoms with E-state index in [-0.39, 0.29) is 18.3 Å². The van der Waals surface area contributed by atoms with Gasteiger partial charge in [-0.25, -0.2) is 4.68 Å². The Labute approximate surface area is 160 Å². The molecule has 142 valence electrons. The molecule has 26 heavy (non-hydrogen) atoms. The third kappa shape index (κ3) is 5.02. The summed E-state index contributed by atoms with van der Waals surface area (Å²) >= 11 is 0. The van der Waals surface area contributed by atoms with Crippen LogP contribution in [0.1, 0.15) is 33.1 Å². The highest BCUT2D eigenvalue weighted by Crippen LogP contribution is 2.24. The number of carbonyl (C=O) groups is 1. The Kier molecular flexibility index (Phi) is 7.53. The molecule has 1 amide bonds. The van der Waals surface area contributed by atoms with Crippen molar-refractivity contribution in [2.75, 3.05) is 18.4 Å². The van der Waals surface area contributed by atoms with Crippen LogP contribution in [0.5, 0.6) is 0 Å². The van der Waals surface area contributed by atoms with Crippen LogP contribution < -0.4 is 10.6 Å². The molecular weight excluding hydrogens is 352 g/mol. The number of carbonyl (C=O) groups excluding carboxylic acids is 1. The predicted octanol–water partition coefficient (Wildman–Crippen LogP) is 2.75. The first-order valence-electron chi connectivity index (χ1n) is 9.04. The van der Waals surface area contributed by atoms with Crippen molar-refractivity contribution in [3.63, 3.8) is 0 Å². The fraction of sp³-hybridized carbons (Fsp3) is 0.556. The quantitative estimate of drug-likeness (QED) is 0.807. The first kappa shape index (κ1) is 20.3. The molecule has 7 nitrogen and oxygen atoms in total. The Morgan fingerprint density at radius 2 is 2.31 bits per heavy atom. The van der Waals surface area contributed by atoms with Crippen molar-refractivity contribution in [1.82, 2.24) is 25.5 Å².